The summed E-state index contributed by atoms with van der Waals surface area (Å²) in [6, 6.07) is 11.9. The minimum atomic E-state index is -3.95. The van der Waals surface area contributed by atoms with Crippen LogP contribution in [0.15, 0.2) is 47.4 Å². The highest BCUT2D eigenvalue weighted by atomic mass is 32.2. The van der Waals surface area contributed by atoms with Crippen LogP contribution >= 0.6 is 0 Å². The number of sulfonamides is 1. The average molecular weight is 547 g/mol. The molecule has 3 atom stereocenters. The number of amides is 1. The molecule has 2 heterocycles. The third-order valence-corrected chi connectivity index (χ3v) is 9.49. The Balaban J connectivity index is 1.72. The molecule has 2 aliphatic heterocycles. The van der Waals surface area contributed by atoms with Gasteiger partial charge in [0.25, 0.3) is 0 Å². The zero-order valence-corrected chi connectivity index (χ0v) is 23.3. The maximum Gasteiger partial charge on any atom is 0.247 e. The molecule has 1 fully saturated rings. The largest absolute Gasteiger partial charge is 0.497 e. The molecular formula is C28H38N2O7S. The maximum absolute atomic E-state index is 13.8. The number of aliphatic hydroxyl groups excluding tert-OH is 1. The molecule has 0 aliphatic carbocycles. The van der Waals surface area contributed by atoms with Gasteiger partial charge in [-0.2, -0.15) is 4.31 Å². The first-order valence-electron chi connectivity index (χ1n) is 13.1. The smallest absolute Gasteiger partial charge is 0.247 e. The molecular weight excluding hydrogens is 508 g/mol. The fourth-order valence-electron chi connectivity index (χ4n) is 5.04. The average Bonchev–Trinajstić information content (AvgIpc) is 2.94. The van der Waals surface area contributed by atoms with E-state index in [4.69, 9.17) is 14.2 Å². The predicted molar refractivity (Wildman–Crippen MR) is 144 cm³/mol. The van der Waals surface area contributed by atoms with Crippen LogP contribution in [-0.4, -0.2) is 87.9 Å². The Kier molecular flexibility index (Phi) is 8.97. The van der Waals surface area contributed by atoms with Gasteiger partial charge in [-0.1, -0.05) is 25.1 Å². The summed E-state index contributed by atoms with van der Waals surface area (Å²) < 4.78 is 46.1. The molecule has 0 aromatic heterocycles. The van der Waals surface area contributed by atoms with E-state index in [1.165, 1.54) is 4.31 Å². The molecule has 10 heteroatoms. The molecule has 1 amide bonds. The topological polar surface area (TPSA) is 106 Å². The molecule has 1 saturated heterocycles. The second-order valence-electron chi connectivity index (χ2n) is 10.2. The number of fused-ring (bicyclic) bond motifs is 1. The number of rotatable bonds is 7. The molecule has 38 heavy (non-hydrogen) atoms. The number of ether oxygens (including phenoxy) is 3. The molecule has 4 rings (SSSR count). The van der Waals surface area contributed by atoms with E-state index < -0.39 is 22.2 Å². The van der Waals surface area contributed by atoms with E-state index in [0.29, 0.717) is 38.3 Å². The second kappa shape index (κ2) is 12.0. The number of hydrogen-bond acceptors (Lipinski definition) is 7. The summed E-state index contributed by atoms with van der Waals surface area (Å²) in [5.74, 6) is 0.618. The fourth-order valence-corrected chi connectivity index (χ4v) is 6.87. The number of carbonyl (C=O) groups is 1. The summed E-state index contributed by atoms with van der Waals surface area (Å²) in [6.45, 7) is 4.91. The molecule has 0 unspecified atom stereocenters. The van der Waals surface area contributed by atoms with E-state index in [2.05, 4.69) is 0 Å². The highest BCUT2D eigenvalue weighted by Gasteiger charge is 2.39. The van der Waals surface area contributed by atoms with Crippen molar-refractivity contribution < 1.29 is 32.5 Å². The van der Waals surface area contributed by atoms with E-state index in [1.807, 2.05) is 31.2 Å². The lowest BCUT2D eigenvalue weighted by atomic mass is 9.97. The van der Waals surface area contributed by atoms with Crippen molar-refractivity contribution in [1.82, 2.24) is 9.21 Å². The van der Waals surface area contributed by atoms with Crippen LogP contribution in [0.1, 0.15) is 26.7 Å². The predicted octanol–water partition coefficient (Wildman–Crippen LogP) is 3.02. The van der Waals surface area contributed by atoms with Crippen LogP contribution in [0.5, 0.6) is 11.5 Å². The summed E-state index contributed by atoms with van der Waals surface area (Å²) in [5, 5.41) is 9.87. The third-order valence-electron chi connectivity index (χ3n) is 7.47. The van der Waals surface area contributed by atoms with E-state index in [0.717, 1.165) is 11.1 Å². The van der Waals surface area contributed by atoms with Gasteiger partial charge in [0.1, 0.15) is 22.5 Å². The maximum atomic E-state index is 13.8. The molecule has 2 aromatic carbocycles. The van der Waals surface area contributed by atoms with Crippen molar-refractivity contribution in [1.29, 1.82) is 0 Å². The first kappa shape index (κ1) is 28.4. The molecule has 208 valence electrons. The van der Waals surface area contributed by atoms with Crippen molar-refractivity contribution in [3.05, 3.63) is 42.5 Å². The Bertz CT molecular complexity index is 1230. The number of benzene rings is 2. The number of likely N-dealkylation sites (N-methyl/N-ethyl adjacent to an activating group) is 1. The summed E-state index contributed by atoms with van der Waals surface area (Å²) in [7, 11) is -0.592. The normalized spacial score (nSPS) is 22.9. The van der Waals surface area contributed by atoms with Crippen LogP contribution in [0, 0.1) is 11.8 Å². The van der Waals surface area contributed by atoms with Crippen LogP contribution in [0.3, 0.4) is 0 Å². The Morgan fingerprint density at radius 1 is 1.18 bits per heavy atom. The highest BCUT2D eigenvalue weighted by Crippen LogP contribution is 2.37. The Labute approximate surface area is 225 Å². The number of carbonyl (C=O) groups excluding carboxylic acids is 1. The van der Waals surface area contributed by atoms with Crippen molar-refractivity contribution in [3.63, 3.8) is 0 Å². The van der Waals surface area contributed by atoms with Crippen molar-refractivity contribution >= 4 is 15.9 Å². The summed E-state index contributed by atoms with van der Waals surface area (Å²) in [6.07, 6.45) is 0.917. The highest BCUT2D eigenvalue weighted by molar-refractivity contribution is 7.89. The number of aliphatic hydroxyl groups is 1. The van der Waals surface area contributed by atoms with E-state index in [-0.39, 0.29) is 41.5 Å². The molecule has 0 radical (unpaired) electrons. The zero-order chi connectivity index (χ0) is 27.4. The first-order valence-corrected chi connectivity index (χ1v) is 14.5. The molecule has 0 saturated carbocycles. The molecule has 9 nitrogen and oxygen atoms in total. The Morgan fingerprint density at radius 3 is 2.58 bits per heavy atom. The first-order chi connectivity index (χ1) is 18.1. The minimum Gasteiger partial charge on any atom is -0.497 e. The van der Waals surface area contributed by atoms with E-state index >= 15 is 0 Å². The lowest BCUT2D eigenvalue weighted by molar-refractivity contribution is -0.138. The lowest BCUT2D eigenvalue weighted by Crippen LogP contribution is -2.50. The number of nitrogens with zero attached hydrogens (tertiary/aromatic N) is 2. The van der Waals surface area contributed by atoms with Crippen LogP contribution in [0.4, 0.5) is 0 Å². The number of methoxy groups -OCH3 is 1. The second-order valence-corrected chi connectivity index (χ2v) is 12.1. The van der Waals surface area contributed by atoms with Crippen molar-refractivity contribution in [2.75, 3.05) is 47.1 Å². The van der Waals surface area contributed by atoms with Gasteiger partial charge in [0.15, 0.2) is 0 Å². The van der Waals surface area contributed by atoms with Crippen LogP contribution in [0.25, 0.3) is 11.1 Å². The molecule has 0 spiro atoms. The van der Waals surface area contributed by atoms with Crippen molar-refractivity contribution in [3.8, 4) is 22.6 Å². The molecule has 2 aliphatic rings. The van der Waals surface area contributed by atoms with Crippen LogP contribution in [0.2, 0.25) is 0 Å². The monoisotopic (exact) mass is 546 g/mol. The van der Waals surface area contributed by atoms with Gasteiger partial charge in [0.2, 0.25) is 15.9 Å². The summed E-state index contributed by atoms with van der Waals surface area (Å²) in [4.78, 5) is 14.9. The molecule has 1 N–H and O–H groups in total. The van der Waals surface area contributed by atoms with Gasteiger partial charge >= 0.3 is 0 Å². The van der Waals surface area contributed by atoms with Gasteiger partial charge in [-0.15, -0.1) is 0 Å². The van der Waals surface area contributed by atoms with Gasteiger partial charge < -0.3 is 24.2 Å². The number of hydrogen-bond donors (Lipinski definition) is 1. The quantitative estimate of drug-likeness (QED) is 0.569. The molecule has 0 bridgehead atoms. The van der Waals surface area contributed by atoms with E-state index in [1.54, 1.807) is 44.2 Å². The minimum absolute atomic E-state index is 0.0414. The van der Waals surface area contributed by atoms with Gasteiger partial charge in [0, 0.05) is 44.7 Å². The zero-order valence-electron chi connectivity index (χ0n) is 22.5. The van der Waals surface area contributed by atoms with Gasteiger partial charge in [0.05, 0.1) is 20.3 Å². The SMILES string of the molecule is COc1cccc(-c2ccc3c(c2)O[C@H](CN(C)C(=O)C2CCOCC2)[C@@H](C)CN([C@@H](C)CO)S3(=O)=O)c1. The van der Waals surface area contributed by atoms with Crippen LogP contribution < -0.4 is 9.47 Å². The third kappa shape index (κ3) is 5.98. The van der Waals surface area contributed by atoms with Gasteiger partial charge in [-0.25, -0.2) is 8.42 Å². The summed E-state index contributed by atoms with van der Waals surface area (Å²) >= 11 is 0. The van der Waals surface area contributed by atoms with Gasteiger partial charge in [-0.05, 0) is 55.2 Å². The van der Waals surface area contributed by atoms with E-state index in [9.17, 15) is 18.3 Å². The molecule has 2 aromatic rings. The summed E-state index contributed by atoms with van der Waals surface area (Å²) in [5.41, 5.74) is 1.63. The van der Waals surface area contributed by atoms with Crippen molar-refractivity contribution in [2.45, 2.75) is 43.7 Å². The van der Waals surface area contributed by atoms with Gasteiger partial charge in [-0.3, -0.25) is 4.79 Å². The lowest BCUT2D eigenvalue weighted by Gasteiger charge is -2.38. The Morgan fingerprint density at radius 2 is 1.89 bits per heavy atom. The Hall–Kier alpha value is -2.66. The van der Waals surface area contributed by atoms with Crippen molar-refractivity contribution in [2.24, 2.45) is 11.8 Å². The van der Waals surface area contributed by atoms with Crippen LogP contribution in [-0.2, 0) is 19.6 Å². The standard InChI is InChI=1S/C28H38N2O7S/c1-19-16-30(20(2)18-31)38(33,34)27-9-8-23(22-6-5-7-24(14-22)35-4)15-25(27)37-26(19)17-29(3)28(32)21-10-12-36-13-11-21/h5-9,14-15,19-21,26,31H,10-13,16-18H2,1-4H3/t19-,20-,26+/m0/s1. The fraction of sp³-hybridized carbons (Fsp3) is 0.536.